The molecule has 30 heavy (non-hydrogen) atoms. The van der Waals surface area contributed by atoms with Gasteiger partial charge in [0.2, 0.25) is 0 Å². The molecule has 0 saturated heterocycles. The summed E-state index contributed by atoms with van der Waals surface area (Å²) in [5, 5.41) is 37.1. The van der Waals surface area contributed by atoms with Gasteiger partial charge in [0.15, 0.2) is 12.1 Å². The monoisotopic (exact) mass is 448 g/mol. The third-order valence-corrected chi connectivity index (χ3v) is 6.09. The molecule has 2 rings (SSSR count). The van der Waals surface area contributed by atoms with E-state index >= 15 is 0 Å². The van der Waals surface area contributed by atoms with E-state index in [9.17, 15) is 30.0 Å². The van der Waals surface area contributed by atoms with Crippen LogP contribution in [0.3, 0.4) is 0 Å². The Morgan fingerprint density at radius 2 is 1.07 bits per heavy atom. The molecule has 0 aliphatic carbocycles. The topological polar surface area (TPSA) is 140 Å². The van der Waals surface area contributed by atoms with Gasteiger partial charge in [-0.3, -0.25) is 9.98 Å². The third-order valence-electron chi connectivity index (χ3n) is 3.70. The van der Waals surface area contributed by atoms with Gasteiger partial charge >= 0.3 is 11.9 Å². The molecule has 8 nitrogen and oxygen atoms in total. The van der Waals surface area contributed by atoms with Gasteiger partial charge in [-0.05, 0) is 59.7 Å². The van der Waals surface area contributed by atoms with Gasteiger partial charge in [-0.1, -0.05) is 21.6 Å². The predicted molar refractivity (Wildman–Crippen MR) is 119 cm³/mol. The number of phenols is 2. The quantitative estimate of drug-likeness (QED) is 0.234. The molecular weight excluding hydrogens is 428 g/mol. The molecule has 158 valence electrons. The van der Waals surface area contributed by atoms with Crippen LogP contribution in [0.4, 0.5) is 0 Å². The Labute approximate surface area is 180 Å². The van der Waals surface area contributed by atoms with Gasteiger partial charge in [0.25, 0.3) is 0 Å². The zero-order valence-electron chi connectivity index (χ0n) is 15.7. The summed E-state index contributed by atoms with van der Waals surface area (Å²) in [5.74, 6) is -1.65. The van der Waals surface area contributed by atoms with Gasteiger partial charge in [-0.15, -0.1) is 0 Å². The zero-order valence-corrected chi connectivity index (χ0v) is 17.3. The lowest BCUT2D eigenvalue weighted by Crippen LogP contribution is -2.22. The minimum Gasteiger partial charge on any atom is -0.508 e. The van der Waals surface area contributed by atoms with Crippen LogP contribution in [0.1, 0.15) is 11.1 Å². The largest absolute Gasteiger partial charge is 0.508 e. The second kappa shape index (κ2) is 11.9. The Hall–Kier alpha value is -2.98. The molecule has 0 heterocycles. The predicted octanol–water partition coefficient (Wildman–Crippen LogP) is 2.92. The molecule has 0 radical (unpaired) electrons. The molecule has 0 aliphatic heterocycles. The van der Waals surface area contributed by atoms with Gasteiger partial charge in [-0.25, -0.2) is 9.59 Å². The van der Waals surface area contributed by atoms with Crippen LogP contribution in [-0.2, 0) is 9.59 Å². The highest BCUT2D eigenvalue weighted by Gasteiger charge is 2.18. The van der Waals surface area contributed by atoms with Gasteiger partial charge in [0.1, 0.15) is 11.5 Å². The van der Waals surface area contributed by atoms with Crippen molar-refractivity contribution in [2.45, 2.75) is 12.1 Å². The molecule has 0 amide bonds. The van der Waals surface area contributed by atoms with Crippen molar-refractivity contribution in [1.29, 1.82) is 0 Å². The number of aliphatic carboxylic acids is 2. The van der Waals surface area contributed by atoms with Crippen molar-refractivity contribution < 1.29 is 30.0 Å². The normalized spacial score (nSPS) is 13.5. The zero-order chi connectivity index (χ0) is 21.9. The van der Waals surface area contributed by atoms with Crippen molar-refractivity contribution in [1.82, 2.24) is 0 Å². The van der Waals surface area contributed by atoms with Crippen LogP contribution in [0.25, 0.3) is 0 Å². The maximum atomic E-state index is 11.4. The van der Waals surface area contributed by atoms with Crippen LogP contribution in [-0.4, -0.2) is 68.4 Å². The Morgan fingerprint density at radius 3 is 1.37 bits per heavy atom. The SMILES string of the molecule is O=C(O)C(CSSCC(N=Cc1ccc(O)cc1)C(=O)O)N=Cc1ccc(O)cc1. The van der Waals surface area contributed by atoms with E-state index in [2.05, 4.69) is 9.98 Å². The van der Waals surface area contributed by atoms with Crippen LogP contribution >= 0.6 is 21.6 Å². The number of nitrogens with zero attached hydrogens (tertiary/aromatic N) is 2. The number of phenolic OH excluding ortho intramolecular Hbond substituents is 2. The smallest absolute Gasteiger partial charge is 0.329 e. The fraction of sp³-hybridized carbons (Fsp3) is 0.200. The van der Waals surface area contributed by atoms with E-state index in [1.54, 1.807) is 24.3 Å². The molecule has 0 aliphatic rings. The second-order valence-corrected chi connectivity index (χ2v) is 8.57. The fourth-order valence-electron chi connectivity index (χ4n) is 2.05. The Balaban J connectivity index is 1.85. The number of aliphatic imine (C=N–C) groups is 2. The molecule has 0 spiro atoms. The number of benzene rings is 2. The average Bonchev–Trinajstić information content (AvgIpc) is 2.71. The number of aromatic hydroxyl groups is 2. The van der Waals surface area contributed by atoms with Crippen LogP contribution < -0.4 is 0 Å². The first-order valence-corrected chi connectivity index (χ1v) is 11.2. The molecule has 0 fully saturated rings. The summed E-state index contributed by atoms with van der Waals surface area (Å²) < 4.78 is 0. The van der Waals surface area contributed by atoms with Gasteiger partial charge in [0, 0.05) is 23.9 Å². The number of carboxylic acids is 2. The number of hydrogen-bond acceptors (Lipinski definition) is 8. The minimum absolute atomic E-state index is 0.106. The molecular formula is C20H20N2O6S2. The highest BCUT2D eigenvalue weighted by atomic mass is 33.1. The lowest BCUT2D eigenvalue weighted by molar-refractivity contribution is -0.138. The molecule has 0 aromatic heterocycles. The second-order valence-electron chi connectivity index (χ2n) is 6.02. The van der Waals surface area contributed by atoms with Crippen molar-refractivity contribution >= 4 is 46.0 Å². The summed E-state index contributed by atoms with van der Waals surface area (Å²) in [7, 11) is 2.42. The summed E-state index contributed by atoms with van der Waals surface area (Å²) in [4.78, 5) is 30.9. The van der Waals surface area contributed by atoms with E-state index in [1.807, 2.05) is 0 Å². The number of hydrogen-bond donors (Lipinski definition) is 4. The van der Waals surface area contributed by atoms with Gasteiger partial charge in [-0.2, -0.15) is 0 Å². The average molecular weight is 449 g/mol. The molecule has 2 atom stereocenters. The van der Waals surface area contributed by atoms with E-state index in [4.69, 9.17) is 0 Å². The summed E-state index contributed by atoms with van der Waals surface area (Å²) in [5.41, 5.74) is 1.32. The van der Waals surface area contributed by atoms with E-state index in [0.29, 0.717) is 11.1 Å². The summed E-state index contributed by atoms with van der Waals surface area (Å²) >= 11 is 0. The Morgan fingerprint density at radius 1 is 0.733 bits per heavy atom. The fourth-order valence-corrected chi connectivity index (χ4v) is 4.31. The lowest BCUT2D eigenvalue weighted by atomic mass is 10.2. The van der Waals surface area contributed by atoms with E-state index in [1.165, 1.54) is 58.3 Å². The van der Waals surface area contributed by atoms with E-state index in [0.717, 1.165) is 0 Å². The summed E-state index contributed by atoms with van der Waals surface area (Å²) in [6.07, 6.45) is 2.84. The Bertz CT molecular complexity index is 825. The molecule has 4 N–H and O–H groups in total. The molecule has 0 bridgehead atoms. The number of carboxylic acid groups (broad SMARTS) is 2. The van der Waals surface area contributed by atoms with Gasteiger partial charge in [0.05, 0.1) is 0 Å². The summed E-state index contributed by atoms with van der Waals surface area (Å²) in [6, 6.07) is 10.4. The van der Waals surface area contributed by atoms with E-state index in [-0.39, 0.29) is 23.0 Å². The highest BCUT2D eigenvalue weighted by Crippen LogP contribution is 2.25. The maximum absolute atomic E-state index is 11.4. The molecule has 2 aromatic rings. The summed E-state index contributed by atoms with van der Waals surface area (Å²) in [6.45, 7) is 0. The molecule has 0 saturated carbocycles. The first kappa shape index (κ1) is 23.3. The van der Waals surface area contributed by atoms with Crippen molar-refractivity contribution in [2.24, 2.45) is 9.98 Å². The van der Waals surface area contributed by atoms with Crippen LogP contribution in [0, 0.1) is 0 Å². The van der Waals surface area contributed by atoms with Gasteiger partial charge < -0.3 is 20.4 Å². The Kier molecular flexibility index (Phi) is 9.23. The van der Waals surface area contributed by atoms with Crippen molar-refractivity contribution in [3.05, 3.63) is 59.7 Å². The van der Waals surface area contributed by atoms with Crippen molar-refractivity contribution in [2.75, 3.05) is 11.5 Å². The third kappa shape index (κ3) is 8.18. The molecule has 2 aromatic carbocycles. The van der Waals surface area contributed by atoms with E-state index < -0.39 is 24.0 Å². The standard InChI is InChI=1S/C20H20N2O6S2/c23-15-5-1-13(2-6-15)9-21-17(19(25)26)11-29-30-12-18(20(27)28)22-10-14-3-7-16(24)8-4-14/h1-10,17-18,23-24H,11-12H2,(H,25,26)(H,27,28). The van der Waals surface area contributed by atoms with Crippen molar-refractivity contribution in [3.8, 4) is 11.5 Å². The maximum Gasteiger partial charge on any atom is 0.329 e. The highest BCUT2D eigenvalue weighted by molar-refractivity contribution is 8.76. The van der Waals surface area contributed by atoms with Crippen LogP contribution in [0.2, 0.25) is 0 Å². The number of rotatable bonds is 11. The first-order chi connectivity index (χ1) is 14.3. The first-order valence-electron chi connectivity index (χ1n) is 8.69. The minimum atomic E-state index is -1.08. The van der Waals surface area contributed by atoms with Crippen molar-refractivity contribution in [3.63, 3.8) is 0 Å². The molecule has 2 unspecified atom stereocenters. The number of carbonyl (C=O) groups is 2. The van der Waals surface area contributed by atoms with Crippen LogP contribution in [0.15, 0.2) is 58.5 Å². The molecule has 10 heteroatoms. The lowest BCUT2D eigenvalue weighted by Gasteiger charge is -2.09. The van der Waals surface area contributed by atoms with Crippen LogP contribution in [0.5, 0.6) is 11.5 Å².